The van der Waals surface area contributed by atoms with Gasteiger partial charge >= 0.3 is 5.12 Å². The molecule has 3 atom stereocenters. The minimum atomic E-state index is -4.50. The van der Waals surface area contributed by atoms with Crippen LogP contribution in [0.2, 0.25) is 0 Å². The molecule has 202 valence electrons. The maximum absolute atomic E-state index is 13.7. The first-order valence-electron chi connectivity index (χ1n) is 12.8. The predicted molar refractivity (Wildman–Crippen MR) is 135 cm³/mol. The van der Waals surface area contributed by atoms with Gasteiger partial charge in [0.05, 0.1) is 12.6 Å². The van der Waals surface area contributed by atoms with Gasteiger partial charge in [0.15, 0.2) is 5.78 Å². The molecule has 0 bridgehead atoms. The van der Waals surface area contributed by atoms with Gasteiger partial charge in [-0.15, -0.1) is 0 Å². The second-order valence-corrected chi connectivity index (χ2v) is 12.4. The monoisotopic (exact) mass is 533 g/mol. The minimum absolute atomic E-state index is 0.0585. The lowest BCUT2D eigenvalue weighted by Gasteiger charge is -2.34. The zero-order chi connectivity index (χ0) is 26.9. The third-order valence-electron chi connectivity index (χ3n) is 7.46. The standard InChI is InChI=1S/C25H35N5O6S/c1-17(2)14-18(15-22(32)28-12-10-27(3)11-13-28)24(33)29-9-7-20-23(29)21(31)16-30(20)37(35,36)25(34)19-6-4-5-8-26-19/h4-6,8,17-18,20,23H,7,9-16H2,1-3H3. The van der Waals surface area contributed by atoms with Gasteiger partial charge in [-0.3, -0.25) is 24.2 Å². The van der Waals surface area contributed by atoms with Gasteiger partial charge in [0.1, 0.15) is 11.7 Å². The summed E-state index contributed by atoms with van der Waals surface area (Å²) in [5, 5.41) is -1.17. The number of likely N-dealkylation sites (N-methyl/N-ethyl adjacent to an activating group) is 1. The molecule has 37 heavy (non-hydrogen) atoms. The molecule has 1 aromatic heterocycles. The average molecular weight is 534 g/mol. The number of nitrogens with zero attached hydrogens (tertiary/aromatic N) is 5. The summed E-state index contributed by atoms with van der Waals surface area (Å²) in [5.41, 5.74) is -0.219. The molecule has 3 aliphatic rings. The topological polar surface area (TPSA) is 128 Å². The molecule has 2 amide bonds. The zero-order valence-electron chi connectivity index (χ0n) is 21.6. The van der Waals surface area contributed by atoms with Crippen LogP contribution in [0.15, 0.2) is 24.4 Å². The van der Waals surface area contributed by atoms with Crippen LogP contribution in [0.5, 0.6) is 0 Å². The molecule has 0 saturated carbocycles. The first kappa shape index (κ1) is 27.3. The van der Waals surface area contributed by atoms with Crippen molar-refractivity contribution < 1.29 is 27.6 Å². The number of fused-ring (bicyclic) bond motifs is 1. The molecule has 12 heteroatoms. The Morgan fingerprint density at radius 1 is 1.08 bits per heavy atom. The van der Waals surface area contributed by atoms with E-state index in [1.165, 1.54) is 23.2 Å². The van der Waals surface area contributed by atoms with E-state index in [-0.39, 0.29) is 42.8 Å². The number of amides is 2. The Hall–Kier alpha value is -2.70. The number of Topliss-reactive ketones (excluding diaryl/α,β-unsaturated/α-hetero) is 1. The quantitative estimate of drug-likeness (QED) is 0.487. The highest BCUT2D eigenvalue weighted by Crippen LogP contribution is 2.34. The summed E-state index contributed by atoms with van der Waals surface area (Å²) in [6.45, 7) is 6.47. The third-order valence-corrected chi connectivity index (χ3v) is 9.15. The second kappa shape index (κ2) is 11.0. The van der Waals surface area contributed by atoms with Crippen molar-refractivity contribution in [3.8, 4) is 0 Å². The SMILES string of the molecule is CC(C)CC(CC(=O)N1CCN(C)CC1)C(=O)N1CCC2C1C(=O)CN2S(=O)(=O)C(=O)c1ccccn1. The molecule has 0 aromatic carbocycles. The summed E-state index contributed by atoms with van der Waals surface area (Å²) in [4.78, 5) is 61.7. The fourth-order valence-corrected chi connectivity index (χ4v) is 7.01. The Morgan fingerprint density at radius 2 is 1.78 bits per heavy atom. The van der Waals surface area contributed by atoms with E-state index in [0.717, 1.165) is 17.4 Å². The van der Waals surface area contributed by atoms with Crippen LogP contribution >= 0.6 is 0 Å². The van der Waals surface area contributed by atoms with Crippen molar-refractivity contribution in [2.45, 2.75) is 45.2 Å². The molecule has 4 heterocycles. The van der Waals surface area contributed by atoms with Crippen LogP contribution in [-0.2, 0) is 24.4 Å². The van der Waals surface area contributed by atoms with E-state index in [2.05, 4.69) is 9.88 Å². The van der Waals surface area contributed by atoms with Crippen molar-refractivity contribution in [2.75, 3.05) is 46.3 Å². The summed E-state index contributed by atoms with van der Waals surface area (Å²) >= 11 is 0. The first-order chi connectivity index (χ1) is 17.5. The Balaban J connectivity index is 1.50. The van der Waals surface area contributed by atoms with Crippen LogP contribution < -0.4 is 0 Å². The largest absolute Gasteiger partial charge is 0.340 e. The number of hydrogen-bond donors (Lipinski definition) is 0. The molecule has 3 aliphatic heterocycles. The molecule has 0 spiro atoms. The van der Waals surface area contributed by atoms with E-state index in [0.29, 0.717) is 19.5 Å². The van der Waals surface area contributed by atoms with Crippen molar-refractivity contribution in [2.24, 2.45) is 11.8 Å². The van der Waals surface area contributed by atoms with E-state index in [9.17, 15) is 27.6 Å². The number of likely N-dealkylation sites (tertiary alicyclic amines) is 1. The number of sulfonamides is 1. The van der Waals surface area contributed by atoms with Crippen LogP contribution in [0, 0.1) is 11.8 Å². The number of piperazine rings is 1. The number of rotatable bonds is 7. The van der Waals surface area contributed by atoms with Crippen LogP contribution in [0.4, 0.5) is 0 Å². The molecule has 4 rings (SSSR count). The summed E-state index contributed by atoms with van der Waals surface area (Å²) in [6.07, 6.45) is 2.12. The lowest BCUT2D eigenvalue weighted by atomic mass is 9.91. The number of ketones is 1. The van der Waals surface area contributed by atoms with E-state index >= 15 is 0 Å². The molecule has 0 radical (unpaired) electrons. The number of carbonyl (C=O) groups excluding carboxylic acids is 4. The Labute approximate surface area is 217 Å². The molecular formula is C25H35N5O6S. The lowest BCUT2D eigenvalue weighted by molar-refractivity contribution is -0.144. The highest BCUT2D eigenvalue weighted by atomic mass is 32.2. The van der Waals surface area contributed by atoms with Crippen LogP contribution in [0.3, 0.4) is 0 Å². The maximum Gasteiger partial charge on any atom is 0.310 e. The molecule has 3 saturated heterocycles. The van der Waals surface area contributed by atoms with Crippen molar-refractivity contribution in [1.82, 2.24) is 24.0 Å². The van der Waals surface area contributed by atoms with Gasteiger partial charge < -0.3 is 14.7 Å². The second-order valence-electron chi connectivity index (χ2n) is 10.6. The van der Waals surface area contributed by atoms with Gasteiger partial charge in [-0.2, -0.15) is 4.31 Å². The highest BCUT2D eigenvalue weighted by Gasteiger charge is 2.55. The van der Waals surface area contributed by atoms with Crippen LogP contribution in [0.1, 0.15) is 43.6 Å². The molecule has 3 fully saturated rings. The Bertz CT molecular complexity index is 1150. The maximum atomic E-state index is 13.7. The molecule has 11 nitrogen and oxygen atoms in total. The number of aromatic nitrogens is 1. The molecule has 1 aromatic rings. The van der Waals surface area contributed by atoms with Gasteiger partial charge in [0, 0.05) is 51.3 Å². The average Bonchev–Trinajstić information content (AvgIpc) is 3.44. The van der Waals surface area contributed by atoms with Crippen molar-refractivity contribution in [3.05, 3.63) is 30.1 Å². The Morgan fingerprint density at radius 3 is 2.41 bits per heavy atom. The van der Waals surface area contributed by atoms with E-state index in [4.69, 9.17) is 0 Å². The van der Waals surface area contributed by atoms with Gasteiger partial charge in [-0.25, -0.2) is 8.42 Å². The molecule has 3 unspecified atom stereocenters. The number of hydrogen-bond acceptors (Lipinski definition) is 8. The Kier molecular flexibility index (Phi) is 8.10. The van der Waals surface area contributed by atoms with Gasteiger partial charge in [0.25, 0.3) is 10.0 Å². The van der Waals surface area contributed by atoms with Crippen molar-refractivity contribution in [1.29, 1.82) is 0 Å². The molecule has 0 aliphatic carbocycles. The van der Waals surface area contributed by atoms with E-state index in [1.807, 2.05) is 20.9 Å². The summed E-state index contributed by atoms with van der Waals surface area (Å²) < 4.78 is 27.2. The third kappa shape index (κ3) is 5.60. The summed E-state index contributed by atoms with van der Waals surface area (Å²) in [5.74, 6) is -1.24. The first-order valence-corrected chi connectivity index (χ1v) is 14.2. The zero-order valence-corrected chi connectivity index (χ0v) is 22.4. The van der Waals surface area contributed by atoms with Gasteiger partial charge in [-0.05, 0) is 37.9 Å². The molecular weight excluding hydrogens is 498 g/mol. The fraction of sp³-hybridized carbons (Fsp3) is 0.640. The van der Waals surface area contributed by atoms with Gasteiger partial charge in [-0.1, -0.05) is 19.9 Å². The fourth-order valence-electron chi connectivity index (χ4n) is 5.53. The predicted octanol–water partition coefficient (Wildman–Crippen LogP) is 0.232. The van der Waals surface area contributed by atoms with Crippen molar-refractivity contribution in [3.63, 3.8) is 0 Å². The molecule has 0 N–H and O–H groups in total. The van der Waals surface area contributed by atoms with Crippen LogP contribution in [0.25, 0.3) is 0 Å². The number of carbonyl (C=O) groups is 4. The smallest absolute Gasteiger partial charge is 0.310 e. The summed E-state index contributed by atoms with van der Waals surface area (Å²) in [6, 6.07) is 2.64. The van der Waals surface area contributed by atoms with Gasteiger partial charge in [0.2, 0.25) is 11.8 Å². The summed E-state index contributed by atoms with van der Waals surface area (Å²) in [7, 11) is -2.49. The lowest BCUT2D eigenvalue weighted by Crippen LogP contribution is -2.49. The van der Waals surface area contributed by atoms with E-state index in [1.54, 1.807) is 11.0 Å². The van der Waals surface area contributed by atoms with Crippen LogP contribution in [-0.4, -0.2) is 114 Å². The minimum Gasteiger partial charge on any atom is -0.340 e. The van der Waals surface area contributed by atoms with Crippen molar-refractivity contribution >= 4 is 32.7 Å². The normalized spacial score (nSPS) is 23.9. The highest BCUT2D eigenvalue weighted by molar-refractivity contribution is 8.04. The van der Waals surface area contributed by atoms with E-state index < -0.39 is 45.5 Å². The number of pyridine rings is 1.